The summed E-state index contributed by atoms with van der Waals surface area (Å²) in [6.07, 6.45) is 3.94. The Bertz CT molecular complexity index is 768. The van der Waals surface area contributed by atoms with Gasteiger partial charge in [0.25, 0.3) is 21.8 Å². The molecule has 0 fully saturated rings. The van der Waals surface area contributed by atoms with Gasteiger partial charge in [-0.3, -0.25) is 19.6 Å². The zero-order valence-electron chi connectivity index (χ0n) is 11.1. The molecule has 3 rings (SSSR count). The number of nitrogens with one attached hydrogen (secondary N) is 2. The zero-order valence-corrected chi connectivity index (χ0v) is 12.7. The maximum absolute atomic E-state index is 11.8. The number of aromatic nitrogens is 1. The van der Waals surface area contributed by atoms with Gasteiger partial charge in [-0.15, -0.1) is 11.3 Å². The fourth-order valence-electron chi connectivity index (χ4n) is 1.40. The van der Waals surface area contributed by atoms with Crippen molar-refractivity contribution >= 4 is 38.3 Å². The SMILES string of the molecule is O=C1C=CC(=O)N1.O=S(=O)(Nc1nccs1)c1ccccc1. The number of anilines is 1. The quantitative estimate of drug-likeness (QED) is 0.817. The Kier molecular flexibility index (Phi) is 5.02. The third-order valence-electron chi connectivity index (χ3n) is 2.34. The Morgan fingerprint density at radius 1 is 1.05 bits per heavy atom. The first-order chi connectivity index (χ1) is 10.5. The largest absolute Gasteiger partial charge is 0.289 e. The molecule has 0 unspecified atom stereocenters. The molecular weight excluding hydrogens is 326 g/mol. The molecule has 0 spiro atoms. The molecular formula is C13H11N3O4S2. The van der Waals surface area contributed by atoms with Gasteiger partial charge in [0.2, 0.25) is 0 Å². The summed E-state index contributed by atoms with van der Waals surface area (Å²) in [6.45, 7) is 0. The van der Waals surface area contributed by atoms with Crippen molar-refractivity contribution < 1.29 is 18.0 Å². The second kappa shape index (κ2) is 6.96. The van der Waals surface area contributed by atoms with Gasteiger partial charge in [0.15, 0.2) is 5.13 Å². The van der Waals surface area contributed by atoms with Crippen LogP contribution in [0.4, 0.5) is 5.13 Å². The van der Waals surface area contributed by atoms with Crippen molar-refractivity contribution in [3.8, 4) is 0 Å². The molecule has 0 bridgehead atoms. The molecule has 22 heavy (non-hydrogen) atoms. The maximum atomic E-state index is 11.8. The van der Waals surface area contributed by atoms with E-state index >= 15 is 0 Å². The Balaban J connectivity index is 0.000000211. The number of hydrogen-bond acceptors (Lipinski definition) is 6. The molecule has 0 saturated heterocycles. The van der Waals surface area contributed by atoms with Gasteiger partial charge in [0.1, 0.15) is 0 Å². The van der Waals surface area contributed by atoms with E-state index in [1.165, 1.54) is 35.6 Å². The molecule has 1 aromatic heterocycles. The van der Waals surface area contributed by atoms with Crippen LogP contribution in [0.1, 0.15) is 0 Å². The van der Waals surface area contributed by atoms with Crippen molar-refractivity contribution in [1.29, 1.82) is 0 Å². The summed E-state index contributed by atoms with van der Waals surface area (Å²) in [5, 5.41) is 4.11. The van der Waals surface area contributed by atoms with Crippen LogP contribution in [0.2, 0.25) is 0 Å². The van der Waals surface area contributed by atoms with Gasteiger partial charge in [-0.05, 0) is 12.1 Å². The highest BCUT2D eigenvalue weighted by Gasteiger charge is 2.14. The molecule has 1 aromatic carbocycles. The van der Waals surface area contributed by atoms with Gasteiger partial charge < -0.3 is 0 Å². The second-order valence-electron chi connectivity index (χ2n) is 3.94. The van der Waals surface area contributed by atoms with Crippen LogP contribution in [-0.2, 0) is 19.6 Å². The van der Waals surface area contributed by atoms with E-state index in [-0.39, 0.29) is 16.7 Å². The molecule has 2 N–H and O–H groups in total. The van der Waals surface area contributed by atoms with Crippen LogP contribution < -0.4 is 10.0 Å². The maximum Gasteiger partial charge on any atom is 0.263 e. The number of carbonyl (C=O) groups is 2. The first-order valence-corrected chi connectivity index (χ1v) is 8.34. The smallest absolute Gasteiger partial charge is 0.263 e. The van der Waals surface area contributed by atoms with Crippen molar-refractivity contribution in [3.05, 3.63) is 54.1 Å². The minimum Gasteiger partial charge on any atom is -0.289 e. The summed E-state index contributed by atoms with van der Waals surface area (Å²) >= 11 is 1.24. The summed E-state index contributed by atoms with van der Waals surface area (Å²) in [4.78, 5) is 24.2. The van der Waals surface area contributed by atoms with Crippen LogP contribution in [0.15, 0.2) is 59.0 Å². The number of rotatable bonds is 3. The standard InChI is InChI=1S/C9H8N2O2S2.C4H3NO2/c12-15(13,8-4-2-1-3-5-8)11-9-10-6-7-14-9;6-3-1-2-4(7)5-3/h1-7H,(H,10,11);1-2H,(H,5,6,7). The summed E-state index contributed by atoms with van der Waals surface area (Å²) in [6, 6.07) is 8.20. The average molecular weight is 337 g/mol. The molecule has 0 atom stereocenters. The molecule has 2 aromatic rings. The van der Waals surface area contributed by atoms with Crippen molar-refractivity contribution in [3.63, 3.8) is 0 Å². The van der Waals surface area contributed by atoms with Crippen LogP contribution in [0.5, 0.6) is 0 Å². The molecule has 2 amide bonds. The summed E-state index contributed by atoms with van der Waals surface area (Å²) in [5.74, 6) is -0.657. The molecule has 2 heterocycles. The minimum atomic E-state index is -3.49. The van der Waals surface area contributed by atoms with Crippen LogP contribution in [0.25, 0.3) is 0 Å². The Morgan fingerprint density at radius 2 is 1.68 bits per heavy atom. The van der Waals surface area contributed by atoms with Gasteiger partial charge in [-0.25, -0.2) is 13.4 Å². The Hall–Kier alpha value is -2.52. The van der Waals surface area contributed by atoms with Crippen LogP contribution in [0, 0.1) is 0 Å². The topological polar surface area (TPSA) is 105 Å². The van der Waals surface area contributed by atoms with Crippen LogP contribution >= 0.6 is 11.3 Å². The molecule has 0 radical (unpaired) electrons. The number of thiazole rings is 1. The molecule has 1 aliphatic rings. The van der Waals surface area contributed by atoms with Crippen molar-refractivity contribution in [2.45, 2.75) is 4.90 Å². The van der Waals surface area contributed by atoms with Crippen molar-refractivity contribution in [2.24, 2.45) is 0 Å². The second-order valence-corrected chi connectivity index (χ2v) is 6.52. The lowest BCUT2D eigenvalue weighted by atomic mass is 10.4. The van der Waals surface area contributed by atoms with Gasteiger partial charge in [0, 0.05) is 23.7 Å². The monoisotopic (exact) mass is 337 g/mol. The van der Waals surface area contributed by atoms with Crippen LogP contribution in [0.3, 0.4) is 0 Å². The van der Waals surface area contributed by atoms with Gasteiger partial charge >= 0.3 is 0 Å². The summed E-state index contributed by atoms with van der Waals surface area (Å²) in [5.41, 5.74) is 0. The van der Waals surface area contributed by atoms with E-state index in [9.17, 15) is 18.0 Å². The van der Waals surface area contributed by atoms with E-state index in [0.717, 1.165) is 0 Å². The highest BCUT2D eigenvalue weighted by atomic mass is 32.2. The Labute approximate surface area is 130 Å². The highest BCUT2D eigenvalue weighted by molar-refractivity contribution is 7.93. The van der Waals surface area contributed by atoms with Crippen LogP contribution in [-0.4, -0.2) is 25.2 Å². The summed E-state index contributed by atoms with van der Waals surface area (Å²) < 4.78 is 25.9. The van der Waals surface area contributed by atoms with E-state index < -0.39 is 10.0 Å². The van der Waals surface area contributed by atoms with E-state index in [4.69, 9.17) is 0 Å². The number of nitrogens with zero attached hydrogens (tertiary/aromatic N) is 1. The normalized spacial score (nSPS) is 13.3. The number of hydrogen-bond donors (Lipinski definition) is 2. The lowest BCUT2D eigenvalue weighted by Crippen LogP contribution is -2.19. The van der Waals surface area contributed by atoms with Gasteiger partial charge in [-0.1, -0.05) is 18.2 Å². The highest BCUT2D eigenvalue weighted by Crippen LogP contribution is 2.17. The predicted octanol–water partition coefficient (Wildman–Crippen LogP) is 1.14. The minimum absolute atomic E-state index is 0.236. The van der Waals surface area contributed by atoms with E-state index in [1.807, 2.05) is 5.32 Å². The number of benzene rings is 1. The molecule has 114 valence electrons. The summed E-state index contributed by atoms with van der Waals surface area (Å²) in [7, 11) is -3.49. The molecule has 0 saturated carbocycles. The van der Waals surface area contributed by atoms with E-state index in [0.29, 0.717) is 5.13 Å². The third-order valence-corrected chi connectivity index (χ3v) is 4.51. The average Bonchev–Trinajstić information content (AvgIpc) is 3.12. The lowest BCUT2D eigenvalue weighted by molar-refractivity contribution is -0.123. The Morgan fingerprint density at radius 3 is 2.14 bits per heavy atom. The van der Waals surface area contributed by atoms with Crippen molar-refractivity contribution in [2.75, 3.05) is 4.72 Å². The molecule has 9 heteroatoms. The van der Waals surface area contributed by atoms with E-state index in [2.05, 4.69) is 9.71 Å². The third kappa shape index (κ3) is 4.50. The molecule has 0 aliphatic carbocycles. The van der Waals surface area contributed by atoms with Gasteiger partial charge in [-0.2, -0.15) is 0 Å². The lowest BCUT2D eigenvalue weighted by Gasteiger charge is -2.03. The fraction of sp³-hybridized carbons (Fsp3) is 0. The molecule has 7 nitrogen and oxygen atoms in total. The number of sulfonamides is 1. The first-order valence-electron chi connectivity index (χ1n) is 5.98. The number of imide groups is 1. The fourth-order valence-corrected chi connectivity index (χ4v) is 3.21. The number of carbonyl (C=O) groups excluding carboxylic acids is 2. The molecule has 1 aliphatic heterocycles. The first kappa shape index (κ1) is 15.9. The predicted molar refractivity (Wildman–Crippen MR) is 81.7 cm³/mol. The van der Waals surface area contributed by atoms with E-state index in [1.54, 1.807) is 29.8 Å². The van der Waals surface area contributed by atoms with Gasteiger partial charge in [0.05, 0.1) is 4.90 Å². The number of amides is 2. The van der Waals surface area contributed by atoms with Crippen molar-refractivity contribution in [1.82, 2.24) is 10.3 Å². The zero-order chi connectivity index (χ0) is 16.0.